The predicted octanol–water partition coefficient (Wildman–Crippen LogP) is -0.767. The van der Waals surface area contributed by atoms with Gasteiger partial charge in [0.05, 0.1) is 0 Å². The van der Waals surface area contributed by atoms with E-state index in [2.05, 4.69) is 0 Å². The molecule has 0 saturated heterocycles. The fraction of sp³-hybridized carbons (Fsp3) is 0. The van der Waals surface area contributed by atoms with Gasteiger partial charge in [-0.05, 0) is 0 Å². The molecular formula is Al2CrMn. The first-order valence-electron chi connectivity index (χ1n) is 0. The van der Waals surface area contributed by atoms with Crippen LogP contribution in [0.2, 0.25) is 0 Å². The molecule has 0 aliphatic rings. The number of hydrogen-bond acceptors (Lipinski definition) is 0. The summed E-state index contributed by atoms with van der Waals surface area (Å²) in [7, 11) is 0. The minimum atomic E-state index is 0. The molecular weight excluding hydrogens is 161 g/mol. The van der Waals surface area contributed by atoms with Crippen LogP contribution in [0, 0.1) is 0 Å². The molecule has 0 aromatic heterocycles. The van der Waals surface area contributed by atoms with Crippen LogP contribution < -0.4 is 0 Å². The second-order valence-electron chi connectivity index (χ2n) is 0. The van der Waals surface area contributed by atoms with E-state index in [1.807, 2.05) is 0 Å². The van der Waals surface area contributed by atoms with Gasteiger partial charge in [0.15, 0.2) is 0 Å². The molecule has 0 amide bonds. The maximum Gasteiger partial charge on any atom is 0 e. The summed E-state index contributed by atoms with van der Waals surface area (Å²) in [5.74, 6) is 0. The van der Waals surface area contributed by atoms with Crippen LogP contribution in [0.4, 0.5) is 0 Å². The Bertz CT molecular complexity index is 6.00. The van der Waals surface area contributed by atoms with Crippen molar-refractivity contribution in [1.29, 1.82) is 0 Å². The molecule has 0 bridgehead atoms. The molecule has 0 aliphatic carbocycles. The molecule has 0 nitrogen and oxygen atoms in total. The monoisotopic (exact) mass is 161 g/mol. The van der Waals surface area contributed by atoms with Gasteiger partial charge in [-0.25, -0.2) is 0 Å². The summed E-state index contributed by atoms with van der Waals surface area (Å²) in [4.78, 5) is 0. The van der Waals surface area contributed by atoms with Crippen LogP contribution in [0.3, 0.4) is 0 Å². The molecule has 7 radical (unpaired) electrons. The summed E-state index contributed by atoms with van der Waals surface area (Å²) < 4.78 is 0. The van der Waals surface area contributed by atoms with Gasteiger partial charge < -0.3 is 0 Å². The van der Waals surface area contributed by atoms with E-state index >= 15 is 0 Å². The Hall–Kier alpha value is 2.12. The summed E-state index contributed by atoms with van der Waals surface area (Å²) in [5.41, 5.74) is 0. The Morgan fingerprint density at radius 2 is 0.750 bits per heavy atom. The maximum absolute atomic E-state index is 0. The summed E-state index contributed by atoms with van der Waals surface area (Å²) in [6.07, 6.45) is 0. The van der Waals surface area contributed by atoms with Gasteiger partial charge in [0.25, 0.3) is 0 Å². The second kappa shape index (κ2) is 19.4. The normalized spacial score (nSPS) is 0. The molecule has 4 heavy (non-hydrogen) atoms. The van der Waals surface area contributed by atoms with Crippen molar-refractivity contribution in [2.24, 2.45) is 0 Å². The Kier molecular flexibility index (Phi) is 173. The van der Waals surface area contributed by atoms with E-state index in [-0.39, 0.29) is 69.2 Å². The Morgan fingerprint density at radius 3 is 0.750 bits per heavy atom. The van der Waals surface area contributed by atoms with Crippen molar-refractivity contribution in [1.82, 2.24) is 0 Å². The molecule has 0 aliphatic heterocycles. The van der Waals surface area contributed by atoms with Crippen molar-refractivity contribution in [2.75, 3.05) is 0 Å². The Morgan fingerprint density at radius 1 is 0.750 bits per heavy atom. The summed E-state index contributed by atoms with van der Waals surface area (Å²) in [6, 6.07) is 0. The maximum atomic E-state index is 0. The molecule has 0 aromatic rings. The molecule has 0 unspecified atom stereocenters. The van der Waals surface area contributed by atoms with Crippen LogP contribution in [-0.2, 0) is 34.4 Å². The van der Waals surface area contributed by atoms with Crippen LogP contribution in [0.25, 0.3) is 0 Å². The molecule has 0 fully saturated rings. The van der Waals surface area contributed by atoms with Crippen molar-refractivity contribution in [3.05, 3.63) is 0 Å². The van der Waals surface area contributed by atoms with E-state index in [4.69, 9.17) is 0 Å². The molecule has 0 aromatic carbocycles. The minimum Gasteiger partial charge on any atom is 0 e. The molecule has 0 N–H and O–H groups in total. The third-order valence-electron chi connectivity index (χ3n) is 0. The third kappa shape index (κ3) is 8.93. The fourth-order valence-corrected chi connectivity index (χ4v) is 0. The molecule has 19 valence electrons. The standard InChI is InChI=1S/2Al.Cr.Mn. The summed E-state index contributed by atoms with van der Waals surface area (Å²) in [6.45, 7) is 0. The zero-order valence-corrected chi connectivity index (χ0v) is 6.71. The molecule has 0 atom stereocenters. The zero-order valence-electron chi connectivity index (χ0n) is 1.94. The quantitative estimate of drug-likeness (QED) is 0.409. The van der Waals surface area contributed by atoms with E-state index < -0.39 is 0 Å². The van der Waals surface area contributed by atoms with Crippen molar-refractivity contribution >= 4 is 34.7 Å². The summed E-state index contributed by atoms with van der Waals surface area (Å²) >= 11 is 0. The van der Waals surface area contributed by atoms with Gasteiger partial charge in [0, 0.05) is 69.2 Å². The van der Waals surface area contributed by atoms with Gasteiger partial charge in [-0.15, -0.1) is 0 Å². The van der Waals surface area contributed by atoms with Gasteiger partial charge in [0.1, 0.15) is 0 Å². The van der Waals surface area contributed by atoms with Crippen LogP contribution in [0.1, 0.15) is 0 Å². The van der Waals surface area contributed by atoms with E-state index in [0.29, 0.717) is 0 Å². The molecule has 4 heteroatoms. The zero-order chi connectivity index (χ0) is 0. The van der Waals surface area contributed by atoms with Crippen LogP contribution in [0.15, 0.2) is 0 Å². The van der Waals surface area contributed by atoms with E-state index in [1.54, 1.807) is 0 Å². The van der Waals surface area contributed by atoms with Crippen molar-refractivity contribution < 1.29 is 34.4 Å². The average Bonchev–Trinajstić information content (AvgIpc) is 0. The van der Waals surface area contributed by atoms with E-state index in [1.165, 1.54) is 0 Å². The largest absolute Gasteiger partial charge is 0 e. The van der Waals surface area contributed by atoms with Crippen LogP contribution in [-0.4, -0.2) is 34.7 Å². The molecule has 0 heterocycles. The van der Waals surface area contributed by atoms with Crippen LogP contribution in [0.5, 0.6) is 0 Å². The van der Waals surface area contributed by atoms with Gasteiger partial charge in [-0.2, -0.15) is 0 Å². The second-order valence-corrected chi connectivity index (χ2v) is 0. The topological polar surface area (TPSA) is 0 Å². The van der Waals surface area contributed by atoms with Gasteiger partial charge >= 0.3 is 0 Å². The first kappa shape index (κ1) is 35.7. The van der Waals surface area contributed by atoms with E-state index in [0.717, 1.165) is 0 Å². The SMILES string of the molecule is [Al].[Al].[Cr].[Mn]. The van der Waals surface area contributed by atoms with Crippen molar-refractivity contribution in [3.63, 3.8) is 0 Å². The number of rotatable bonds is 0. The summed E-state index contributed by atoms with van der Waals surface area (Å²) in [5, 5.41) is 0. The van der Waals surface area contributed by atoms with Crippen LogP contribution >= 0.6 is 0 Å². The van der Waals surface area contributed by atoms with Crippen molar-refractivity contribution in [2.45, 2.75) is 0 Å². The fourth-order valence-electron chi connectivity index (χ4n) is 0. The Labute approximate surface area is 68.6 Å². The van der Waals surface area contributed by atoms with Crippen molar-refractivity contribution in [3.8, 4) is 0 Å². The molecule has 0 saturated carbocycles. The Balaban J connectivity index is 0. The number of hydrogen-bond donors (Lipinski definition) is 0. The van der Waals surface area contributed by atoms with Gasteiger partial charge in [0.2, 0.25) is 0 Å². The minimum absolute atomic E-state index is 0. The molecule has 0 rings (SSSR count). The smallest absolute Gasteiger partial charge is 0 e. The average molecular weight is 161 g/mol. The first-order chi connectivity index (χ1) is 0. The van der Waals surface area contributed by atoms with Gasteiger partial charge in [-0.3, -0.25) is 0 Å². The van der Waals surface area contributed by atoms with E-state index in [9.17, 15) is 0 Å². The molecule has 0 spiro atoms. The predicted molar refractivity (Wildman–Crippen MR) is 11.5 cm³/mol. The first-order valence-corrected chi connectivity index (χ1v) is 0. The third-order valence-corrected chi connectivity index (χ3v) is 0. The van der Waals surface area contributed by atoms with Gasteiger partial charge in [-0.1, -0.05) is 0 Å².